The first kappa shape index (κ1) is 21.3. The molecule has 32 heavy (non-hydrogen) atoms. The van der Waals surface area contributed by atoms with Crippen molar-refractivity contribution in [3.05, 3.63) is 65.7 Å². The molecular weight excluding hydrogens is 408 g/mol. The van der Waals surface area contributed by atoms with Gasteiger partial charge in [-0.1, -0.05) is 24.3 Å². The number of benzene rings is 2. The van der Waals surface area contributed by atoms with Gasteiger partial charge >= 0.3 is 5.97 Å². The van der Waals surface area contributed by atoms with E-state index in [1.807, 2.05) is 30.3 Å². The third-order valence-corrected chi connectivity index (χ3v) is 5.36. The zero-order valence-corrected chi connectivity index (χ0v) is 17.8. The van der Waals surface area contributed by atoms with E-state index in [4.69, 9.17) is 4.98 Å². The number of fused-ring (bicyclic) bond motifs is 1. The van der Waals surface area contributed by atoms with Gasteiger partial charge in [0.05, 0.1) is 18.2 Å². The third-order valence-electron chi connectivity index (χ3n) is 5.36. The van der Waals surface area contributed by atoms with Crippen LogP contribution >= 0.6 is 0 Å². The second-order valence-corrected chi connectivity index (χ2v) is 7.54. The summed E-state index contributed by atoms with van der Waals surface area (Å²) in [5, 5.41) is 6.25. The van der Waals surface area contributed by atoms with Crippen molar-refractivity contribution in [2.45, 2.75) is 12.8 Å². The summed E-state index contributed by atoms with van der Waals surface area (Å²) in [6.45, 7) is 1.50. The molecule has 0 radical (unpaired) electrons. The van der Waals surface area contributed by atoms with Crippen LogP contribution in [0.2, 0.25) is 0 Å². The van der Waals surface area contributed by atoms with Crippen molar-refractivity contribution >= 4 is 40.2 Å². The van der Waals surface area contributed by atoms with E-state index in [-0.39, 0.29) is 12.5 Å². The molecule has 4 rings (SSSR count). The van der Waals surface area contributed by atoms with Crippen molar-refractivity contribution in [3.8, 4) is 0 Å². The Labute approximate surface area is 185 Å². The fraction of sp³-hybridized carbons (Fsp3) is 0.250. The number of methoxy groups -OCH3 is 1. The number of amides is 2. The molecule has 8 nitrogen and oxygen atoms in total. The number of esters is 1. The molecule has 0 aliphatic carbocycles. The highest BCUT2D eigenvalue weighted by molar-refractivity contribution is 6.10. The van der Waals surface area contributed by atoms with Crippen molar-refractivity contribution in [2.75, 3.05) is 37.0 Å². The summed E-state index contributed by atoms with van der Waals surface area (Å²) in [7, 11) is 1.25. The molecule has 1 saturated heterocycles. The van der Waals surface area contributed by atoms with Gasteiger partial charge in [0.1, 0.15) is 12.4 Å². The van der Waals surface area contributed by atoms with Gasteiger partial charge in [-0.3, -0.25) is 14.4 Å². The molecule has 0 spiro atoms. The standard InChI is InChI=1S/C24H24N4O4/c1-32-21(29)15-25-23(30)17-8-6-9-18(13-17)26-24(31)19-14-16-7-2-3-10-20(16)27-22(19)28-11-4-5-12-28/h2-3,6-10,13-14H,4-5,11-12,15H2,1H3,(H,25,30)(H,26,31). The van der Waals surface area contributed by atoms with Gasteiger partial charge in [0.25, 0.3) is 11.8 Å². The highest BCUT2D eigenvalue weighted by Crippen LogP contribution is 2.27. The Bertz CT molecular complexity index is 1170. The van der Waals surface area contributed by atoms with E-state index in [1.54, 1.807) is 24.3 Å². The largest absolute Gasteiger partial charge is 0.468 e. The lowest BCUT2D eigenvalue weighted by Gasteiger charge is -2.20. The predicted molar refractivity (Wildman–Crippen MR) is 122 cm³/mol. The minimum absolute atomic E-state index is 0.228. The molecular formula is C24H24N4O4. The zero-order chi connectivity index (χ0) is 22.5. The minimum Gasteiger partial charge on any atom is -0.468 e. The zero-order valence-electron chi connectivity index (χ0n) is 17.8. The number of nitrogens with zero attached hydrogens (tertiary/aromatic N) is 2. The Kier molecular flexibility index (Phi) is 6.30. The third kappa shape index (κ3) is 4.69. The SMILES string of the molecule is COC(=O)CNC(=O)c1cccc(NC(=O)c2cc3ccccc3nc2N2CCCC2)c1. The van der Waals surface area contributed by atoms with Gasteiger partial charge < -0.3 is 20.3 Å². The van der Waals surface area contributed by atoms with Crippen molar-refractivity contribution in [3.63, 3.8) is 0 Å². The highest BCUT2D eigenvalue weighted by Gasteiger charge is 2.22. The Morgan fingerprint density at radius 3 is 2.56 bits per heavy atom. The molecule has 2 amide bonds. The molecule has 1 aromatic heterocycles. The summed E-state index contributed by atoms with van der Waals surface area (Å²) in [4.78, 5) is 43.7. The van der Waals surface area contributed by atoms with Crippen LogP contribution in [0.1, 0.15) is 33.6 Å². The lowest BCUT2D eigenvalue weighted by Crippen LogP contribution is -2.30. The number of carbonyl (C=O) groups is 3. The molecule has 1 aliphatic heterocycles. The number of hydrogen-bond acceptors (Lipinski definition) is 6. The molecule has 0 saturated carbocycles. The van der Waals surface area contributed by atoms with Crippen LogP contribution in [0.25, 0.3) is 10.9 Å². The second kappa shape index (κ2) is 9.47. The molecule has 2 heterocycles. The fourth-order valence-electron chi connectivity index (χ4n) is 3.71. The van der Waals surface area contributed by atoms with Gasteiger partial charge in [-0.2, -0.15) is 0 Å². The van der Waals surface area contributed by atoms with Gasteiger partial charge in [-0.15, -0.1) is 0 Å². The van der Waals surface area contributed by atoms with Gasteiger partial charge in [0.15, 0.2) is 0 Å². The van der Waals surface area contributed by atoms with Gasteiger partial charge in [-0.05, 0) is 43.2 Å². The fourth-order valence-corrected chi connectivity index (χ4v) is 3.71. The van der Waals surface area contributed by atoms with Crippen molar-refractivity contribution in [2.24, 2.45) is 0 Å². The normalized spacial score (nSPS) is 13.1. The number of aromatic nitrogens is 1. The molecule has 8 heteroatoms. The molecule has 0 unspecified atom stereocenters. The van der Waals surface area contributed by atoms with Gasteiger partial charge in [0, 0.05) is 29.7 Å². The van der Waals surface area contributed by atoms with Gasteiger partial charge in [0.2, 0.25) is 0 Å². The number of nitrogens with one attached hydrogen (secondary N) is 2. The van der Waals surface area contributed by atoms with Crippen molar-refractivity contribution < 1.29 is 19.1 Å². The van der Waals surface area contributed by atoms with E-state index in [2.05, 4.69) is 20.3 Å². The average Bonchev–Trinajstić information content (AvgIpc) is 3.36. The van der Waals surface area contributed by atoms with E-state index >= 15 is 0 Å². The van der Waals surface area contributed by atoms with Crippen LogP contribution < -0.4 is 15.5 Å². The second-order valence-electron chi connectivity index (χ2n) is 7.54. The van der Waals surface area contributed by atoms with E-state index < -0.39 is 11.9 Å². The topological polar surface area (TPSA) is 101 Å². The van der Waals surface area contributed by atoms with Crippen LogP contribution in [0.15, 0.2) is 54.6 Å². The van der Waals surface area contributed by atoms with Crippen LogP contribution in [-0.4, -0.2) is 49.5 Å². The average molecular weight is 432 g/mol. The molecule has 0 atom stereocenters. The van der Waals surface area contributed by atoms with Crippen molar-refractivity contribution in [1.82, 2.24) is 10.3 Å². The van der Waals surface area contributed by atoms with Crippen LogP contribution in [0.3, 0.4) is 0 Å². The maximum atomic E-state index is 13.2. The Morgan fingerprint density at radius 1 is 1.00 bits per heavy atom. The Balaban J connectivity index is 1.58. The molecule has 2 N–H and O–H groups in total. The summed E-state index contributed by atoms with van der Waals surface area (Å²) in [6, 6.07) is 16.1. The molecule has 0 bridgehead atoms. The van der Waals surface area contributed by atoms with Crippen molar-refractivity contribution in [1.29, 1.82) is 0 Å². The number of hydrogen-bond donors (Lipinski definition) is 2. The molecule has 2 aromatic carbocycles. The Morgan fingerprint density at radius 2 is 1.78 bits per heavy atom. The first-order valence-corrected chi connectivity index (χ1v) is 10.5. The summed E-state index contributed by atoms with van der Waals surface area (Å²) in [5.41, 5.74) is 2.13. The lowest BCUT2D eigenvalue weighted by molar-refractivity contribution is -0.139. The minimum atomic E-state index is -0.541. The number of pyridine rings is 1. The first-order chi connectivity index (χ1) is 15.5. The maximum Gasteiger partial charge on any atom is 0.325 e. The summed E-state index contributed by atoms with van der Waals surface area (Å²) < 4.78 is 4.53. The van der Waals surface area contributed by atoms with E-state index in [0.29, 0.717) is 22.6 Å². The van der Waals surface area contributed by atoms with Crippen LogP contribution in [0.4, 0.5) is 11.5 Å². The molecule has 164 valence electrons. The van der Waals surface area contributed by atoms with Gasteiger partial charge in [-0.25, -0.2) is 4.98 Å². The number of anilines is 2. The number of rotatable bonds is 6. The number of ether oxygens (including phenoxy) is 1. The smallest absolute Gasteiger partial charge is 0.325 e. The summed E-state index contributed by atoms with van der Waals surface area (Å²) in [5.74, 6) is -0.597. The lowest BCUT2D eigenvalue weighted by atomic mass is 10.1. The van der Waals surface area contributed by atoms with Crippen LogP contribution in [0, 0.1) is 0 Å². The first-order valence-electron chi connectivity index (χ1n) is 10.5. The predicted octanol–water partition coefficient (Wildman–Crippen LogP) is 2.99. The number of carbonyl (C=O) groups excluding carboxylic acids is 3. The monoisotopic (exact) mass is 432 g/mol. The Hall–Kier alpha value is -3.94. The number of para-hydroxylation sites is 1. The summed E-state index contributed by atoms with van der Waals surface area (Å²) in [6.07, 6.45) is 2.14. The maximum absolute atomic E-state index is 13.2. The van der Waals surface area contributed by atoms with E-state index in [0.717, 1.165) is 36.8 Å². The van der Waals surface area contributed by atoms with Crippen LogP contribution in [-0.2, 0) is 9.53 Å². The quantitative estimate of drug-likeness (QED) is 0.581. The van der Waals surface area contributed by atoms with E-state index in [9.17, 15) is 14.4 Å². The molecule has 3 aromatic rings. The van der Waals surface area contributed by atoms with Crippen LogP contribution in [0.5, 0.6) is 0 Å². The molecule has 1 aliphatic rings. The van der Waals surface area contributed by atoms with E-state index in [1.165, 1.54) is 7.11 Å². The molecule has 1 fully saturated rings. The highest BCUT2D eigenvalue weighted by atomic mass is 16.5. The summed E-state index contributed by atoms with van der Waals surface area (Å²) >= 11 is 0.